The van der Waals surface area contributed by atoms with Crippen molar-refractivity contribution in [2.24, 2.45) is 5.73 Å². The average Bonchev–Trinajstić information content (AvgIpc) is 2.46. The highest BCUT2D eigenvalue weighted by atomic mass is 16.1. The number of benzene rings is 1. The van der Waals surface area contributed by atoms with Crippen LogP contribution in [0, 0.1) is 0 Å². The van der Waals surface area contributed by atoms with Crippen LogP contribution in [0.5, 0.6) is 0 Å². The monoisotopic (exact) mass is 255 g/mol. The van der Waals surface area contributed by atoms with Gasteiger partial charge in [0.25, 0.3) is 0 Å². The Morgan fingerprint density at radius 2 is 1.89 bits per heavy atom. The third-order valence-corrected chi connectivity index (χ3v) is 3.05. The summed E-state index contributed by atoms with van der Waals surface area (Å²) in [6.45, 7) is 0. The van der Waals surface area contributed by atoms with Crippen LogP contribution in [0.2, 0.25) is 0 Å². The third kappa shape index (κ3) is 3.39. The van der Waals surface area contributed by atoms with Gasteiger partial charge in [0.05, 0.1) is 5.56 Å². The maximum atomic E-state index is 12.0. The van der Waals surface area contributed by atoms with Crippen LogP contribution in [-0.4, -0.2) is 10.8 Å². The van der Waals surface area contributed by atoms with Crippen molar-refractivity contribution in [2.75, 3.05) is 5.73 Å². The number of rotatable bonds is 5. The van der Waals surface area contributed by atoms with Crippen molar-refractivity contribution in [3.05, 3.63) is 59.8 Å². The molecule has 1 heterocycles. The quantitative estimate of drug-likeness (QED) is 0.803. The molecule has 0 fully saturated rings. The summed E-state index contributed by atoms with van der Waals surface area (Å²) >= 11 is 0. The van der Waals surface area contributed by atoms with E-state index in [-0.39, 0.29) is 17.6 Å². The van der Waals surface area contributed by atoms with E-state index in [9.17, 15) is 4.79 Å². The van der Waals surface area contributed by atoms with Crippen LogP contribution in [-0.2, 0) is 0 Å². The van der Waals surface area contributed by atoms with Gasteiger partial charge in [0.2, 0.25) is 0 Å². The van der Waals surface area contributed by atoms with Crippen molar-refractivity contribution in [2.45, 2.75) is 18.9 Å². The second kappa shape index (κ2) is 6.11. The number of Topliss-reactive ketones (excluding diaryl/α,β-unsaturated/α-hetero) is 1. The van der Waals surface area contributed by atoms with Gasteiger partial charge < -0.3 is 11.5 Å². The number of nitrogens with two attached hydrogens (primary N) is 2. The van der Waals surface area contributed by atoms with Crippen LogP contribution in [0.15, 0.2) is 48.7 Å². The van der Waals surface area contributed by atoms with Crippen molar-refractivity contribution in [3.8, 4) is 0 Å². The molecular weight excluding hydrogens is 238 g/mol. The fourth-order valence-electron chi connectivity index (χ4n) is 1.94. The summed E-state index contributed by atoms with van der Waals surface area (Å²) in [6.07, 6.45) is 2.53. The van der Waals surface area contributed by atoms with Gasteiger partial charge in [-0.3, -0.25) is 4.79 Å². The van der Waals surface area contributed by atoms with E-state index in [1.165, 1.54) is 0 Å². The maximum Gasteiger partial charge on any atom is 0.166 e. The Hall–Kier alpha value is -2.20. The van der Waals surface area contributed by atoms with E-state index in [0.717, 1.165) is 5.56 Å². The number of hydrogen-bond donors (Lipinski definition) is 2. The summed E-state index contributed by atoms with van der Waals surface area (Å²) in [6, 6.07) is 13.0. The molecule has 0 saturated heterocycles. The van der Waals surface area contributed by atoms with E-state index >= 15 is 0 Å². The number of aromatic nitrogens is 1. The van der Waals surface area contributed by atoms with Crippen LogP contribution in [0.3, 0.4) is 0 Å². The highest BCUT2D eigenvalue weighted by Crippen LogP contribution is 2.18. The first-order valence-corrected chi connectivity index (χ1v) is 6.22. The van der Waals surface area contributed by atoms with Gasteiger partial charge in [-0.1, -0.05) is 30.3 Å². The van der Waals surface area contributed by atoms with Gasteiger partial charge in [0.1, 0.15) is 5.82 Å². The molecule has 0 radical (unpaired) electrons. The Balaban J connectivity index is 1.96. The molecule has 1 aromatic carbocycles. The Labute approximate surface area is 112 Å². The molecule has 4 nitrogen and oxygen atoms in total. The predicted molar refractivity (Wildman–Crippen MR) is 75.6 cm³/mol. The van der Waals surface area contributed by atoms with Gasteiger partial charge >= 0.3 is 0 Å². The molecule has 19 heavy (non-hydrogen) atoms. The lowest BCUT2D eigenvalue weighted by Gasteiger charge is -2.11. The number of nitrogens with zero attached hydrogens (tertiary/aromatic N) is 1. The van der Waals surface area contributed by atoms with Gasteiger partial charge in [-0.25, -0.2) is 4.98 Å². The summed E-state index contributed by atoms with van der Waals surface area (Å²) in [5.41, 5.74) is 13.2. The standard InChI is InChI=1S/C15H17N3O/c16-13(11-5-2-1-3-6-11)8-9-14(19)12-7-4-10-18-15(12)17/h1-7,10,13H,8-9,16H2,(H2,17,18). The third-order valence-electron chi connectivity index (χ3n) is 3.05. The minimum atomic E-state index is -0.136. The summed E-state index contributed by atoms with van der Waals surface area (Å²) in [5, 5.41) is 0. The SMILES string of the molecule is Nc1ncccc1C(=O)CCC(N)c1ccccc1. The predicted octanol–water partition coefficient (Wildman–Crippen LogP) is 2.33. The first-order valence-electron chi connectivity index (χ1n) is 6.22. The summed E-state index contributed by atoms with van der Waals surface area (Å²) in [5.74, 6) is 0.262. The zero-order chi connectivity index (χ0) is 13.7. The minimum absolute atomic E-state index is 0.0167. The second-order valence-corrected chi connectivity index (χ2v) is 4.42. The Kier molecular flexibility index (Phi) is 4.26. The van der Waals surface area contributed by atoms with E-state index in [0.29, 0.717) is 18.4 Å². The highest BCUT2D eigenvalue weighted by Gasteiger charge is 2.13. The van der Waals surface area contributed by atoms with Crippen molar-refractivity contribution >= 4 is 11.6 Å². The molecule has 0 saturated carbocycles. The van der Waals surface area contributed by atoms with Crippen LogP contribution in [0.1, 0.15) is 34.8 Å². The van der Waals surface area contributed by atoms with Crippen molar-refractivity contribution < 1.29 is 4.79 Å². The van der Waals surface area contributed by atoms with Gasteiger partial charge in [-0.2, -0.15) is 0 Å². The van der Waals surface area contributed by atoms with Crippen molar-refractivity contribution in [1.29, 1.82) is 0 Å². The lowest BCUT2D eigenvalue weighted by molar-refractivity contribution is 0.0978. The molecule has 2 rings (SSSR count). The topological polar surface area (TPSA) is 82.0 Å². The first kappa shape index (κ1) is 13.2. The molecule has 1 aromatic heterocycles. The fraction of sp³-hybridized carbons (Fsp3) is 0.200. The Bertz CT molecular complexity index is 554. The molecule has 4 N–H and O–H groups in total. The normalized spacial score (nSPS) is 12.1. The van der Waals surface area contributed by atoms with Crippen LogP contribution in [0.4, 0.5) is 5.82 Å². The van der Waals surface area contributed by atoms with Crippen molar-refractivity contribution in [1.82, 2.24) is 4.98 Å². The second-order valence-electron chi connectivity index (χ2n) is 4.42. The molecule has 0 spiro atoms. The number of hydrogen-bond acceptors (Lipinski definition) is 4. The molecule has 0 aliphatic carbocycles. The fourth-order valence-corrected chi connectivity index (χ4v) is 1.94. The number of pyridine rings is 1. The molecular formula is C15H17N3O. The average molecular weight is 255 g/mol. The highest BCUT2D eigenvalue weighted by molar-refractivity contribution is 5.99. The zero-order valence-corrected chi connectivity index (χ0v) is 10.6. The molecule has 1 atom stereocenters. The van der Waals surface area contributed by atoms with E-state index in [2.05, 4.69) is 4.98 Å². The van der Waals surface area contributed by atoms with Crippen LogP contribution < -0.4 is 11.5 Å². The molecule has 1 unspecified atom stereocenters. The largest absolute Gasteiger partial charge is 0.383 e. The van der Waals surface area contributed by atoms with Gasteiger partial charge in [-0.15, -0.1) is 0 Å². The van der Waals surface area contributed by atoms with Crippen LogP contribution >= 0.6 is 0 Å². The van der Waals surface area contributed by atoms with Gasteiger partial charge in [-0.05, 0) is 24.1 Å². The van der Waals surface area contributed by atoms with Gasteiger partial charge in [0.15, 0.2) is 5.78 Å². The molecule has 0 bridgehead atoms. The maximum absolute atomic E-state index is 12.0. The van der Waals surface area contributed by atoms with Gasteiger partial charge in [0, 0.05) is 18.7 Å². The van der Waals surface area contributed by atoms with Crippen molar-refractivity contribution in [3.63, 3.8) is 0 Å². The Morgan fingerprint density at radius 1 is 1.16 bits per heavy atom. The zero-order valence-electron chi connectivity index (χ0n) is 10.6. The van der Waals surface area contributed by atoms with E-state index < -0.39 is 0 Å². The number of anilines is 1. The van der Waals surface area contributed by atoms with Crippen LogP contribution in [0.25, 0.3) is 0 Å². The summed E-state index contributed by atoms with van der Waals surface area (Å²) < 4.78 is 0. The minimum Gasteiger partial charge on any atom is -0.383 e. The molecule has 0 aliphatic rings. The molecule has 2 aromatic rings. The first-order chi connectivity index (χ1) is 9.18. The summed E-state index contributed by atoms with van der Waals surface area (Å²) in [4.78, 5) is 15.9. The van der Waals surface area contributed by atoms with E-state index in [1.54, 1.807) is 18.3 Å². The smallest absolute Gasteiger partial charge is 0.166 e. The molecule has 4 heteroatoms. The number of carbonyl (C=O) groups is 1. The molecule has 0 amide bonds. The number of nitrogen functional groups attached to an aromatic ring is 1. The molecule has 0 aliphatic heterocycles. The lowest BCUT2D eigenvalue weighted by atomic mass is 9.99. The Morgan fingerprint density at radius 3 is 2.58 bits per heavy atom. The number of carbonyl (C=O) groups excluding carboxylic acids is 1. The lowest BCUT2D eigenvalue weighted by Crippen LogP contribution is -2.13. The summed E-state index contributed by atoms with van der Waals surface area (Å²) in [7, 11) is 0. The molecule has 98 valence electrons. The van der Waals surface area contributed by atoms with E-state index in [1.807, 2.05) is 30.3 Å². The van der Waals surface area contributed by atoms with E-state index in [4.69, 9.17) is 11.5 Å². The number of ketones is 1.